The zero-order chi connectivity index (χ0) is 13.9. The summed E-state index contributed by atoms with van der Waals surface area (Å²) in [5, 5.41) is 14.7. The van der Waals surface area contributed by atoms with Gasteiger partial charge in [-0.25, -0.2) is 0 Å². The van der Waals surface area contributed by atoms with Gasteiger partial charge in [-0.15, -0.1) is 0 Å². The Hall–Kier alpha value is -1.35. The molecule has 2 nitrogen and oxygen atoms in total. The molecule has 0 radical (unpaired) electrons. The molecule has 1 unspecified atom stereocenters. The fourth-order valence-corrected chi connectivity index (χ4v) is 2.40. The molecule has 0 spiro atoms. The van der Waals surface area contributed by atoms with Crippen molar-refractivity contribution in [1.82, 2.24) is 5.32 Å². The Labute approximate surface area is 119 Å². The summed E-state index contributed by atoms with van der Waals surface area (Å²) in [6, 6.07) is 15.2. The van der Waals surface area contributed by atoms with E-state index >= 15 is 0 Å². The summed E-state index contributed by atoms with van der Waals surface area (Å²) in [7, 11) is 1.90. The molecular weight excluding hydrogens is 258 g/mol. The molecule has 19 heavy (non-hydrogen) atoms. The zero-order valence-electron chi connectivity index (χ0n) is 11.2. The summed E-state index contributed by atoms with van der Waals surface area (Å²) in [4.78, 5) is 0. The Morgan fingerprint density at radius 1 is 1.11 bits per heavy atom. The SMILES string of the molecule is CNCc1ccccc1C(C)(O)c1ccc(Cl)cc1. The summed E-state index contributed by atoms with van der Waals surface area (Å²) in [6.07, 6.45) is 0. The average molecular weight is 276 g/mol. The van der Waals surface area contributed by atoms with Gasteiger partial charge in [0.25, 0.3) is 0 Å². The summed E-state index contributed by atoms with van der Waals surface area (Å²) in [5.41, 5.74) is 1.80. The highest BCUT2D eigenvalue weighted by molar-refractivity contribution is 6.30. The standard InChI is InChI=1S/C16H18ClNO/c1-16(19,13-7-9-14(17)10-8-13)15-6-4-3-5-12(15)11-18-2/h3-10,18-19H,11H2,1-2H3. The molecule has 2 aromatic carbocycles. The number of aliphatic hydroxyl groups is 1. The molecule has 0 heterocycles. The van der Waals surface area contributed by atoms with Crippen molar-refractivity contribution in [2.45, 2.75) is 19.1 Å². The van der Waals surface area contributed by atoms with E-state index in [0.29, 0.717) is 5.02 Å². The molecule has 2 aromatic rings. The lowest BCUT2D eigenvalue weighted by atomic mass is 9.85. The highest BCUT2D eigenvalue weighted by atomic mass is 35.5. The second-order valence-corrected chi connectivity index (χ2v) is 5.20. The second-order valence-electron chi connectivity index (χ2n) is 4.77. The van der Waals surface area contributed by atoms with Crippen LogP contribution in [0.25, 0.3) is 0 Å². The van der Waals surface area contributed by atoms with Crippen molar-refractivity contribution in [3.05, 3.63) is 70.2 Å². The third-order valence-corrected chi connectivity index (χ3v) is 3.57. The Morgan fingerprint density at radius 3 is 2.37 bits per heavy atom. The van der Waals surface area contributed by atoms with Crippen LogP contribution in [0.2, 0.25) is 5.02 Å². The molecule has 100 valence electrons. The van der Waals surface area contributed by atoms with Crippen LogP contribution >= 0.6 is 11.6 Å². The first-order chi connectivity index (χ1) is 9.05. The molecule has 1 atom stereocenters. The first kappa shape index (κ1) is 14.1. The minimum absolute atomic E-state index is 0.670. The summed E-state index contributed by atoms with van der Waals surface area (Å²) in [6.45, 7) is 2.53. The van der Waals surface area contributed by atoms with E-state index in [-0.39, 0.29) is 0 Å². The van der Waals surface area contributed by atoms with Gasteiger partial charge < -0.3 is 10.4 Å². The number of rotatable bonds is 4. The number of hydrogen-bond acceptors (Lipinski definition) is 2. The zero-order valence-corrected chi connectivity index (χ0v) is 11.9. The first-order valence-electron chi connectivity index (χ1n) is 6.27. The van der Waals surface area contributed by atoms with Crippen LogP contribution in [0, 0.1) is 0 Å². The lowest BCUT2D eigenvalue weighted by molar-refractivity contribution is 0.101. The number of nitrogens with one attached hydrogen (secondary N) is 1. The van der Waals surface area contributed by atoms with Crippen LogP contribution in [0.3, 0.4) is 0 Å². The van der Waals surface area contributed by atoms with Crippen molar-refractivity contribution in [3.63, 3.8) is 0 Å². The molecule has 0 amide bonds. The van der Waals surface area contributed by atoms with Crippen molar-refractivity contribution in [2.75, 3.05) is 7.05 Å². The van der Waals surface area contributed by atoms with Gasteiger partial charge in [0.15, 0.2) is 0 Å². The van der Waals surface area contributed by atoms with Crippen molar-refractivity contribution in [2.24, 2.45) is 0 Å². The molecular formula is C16H18ClNO. The largest absolute Gasteiger partial charge is 0.381 e. The van der Waals surface area contributed by atoms with E-state index in [1.165, 1.54) is 0 Å². The van der Waals surface area contributed by atoms with E-state index in [2.05, 4.69) is 5.32 Å². The second kappa shape index (κ2) is 5.74. The maximum absolute atomic E-state index is 10.9. The molecule has 0 bridgehead atoms. The van der Waals surface area contributed by atoms with E-state index in [1.807, 2.05) is 50.4 Å². The van der Waals surface area contributed by atoms with Gasteiger partial charge in [0.2, 0.25) is 0 Å². The Bertz CT molecular complexity index is 549. The molecule has 0 fully saturated rings. The van der Waals surface area contributed by atoms with Crippen molar-refractivity contribution < 1.29 is 5.11 Å². The summed E-state index contributed by atoms with van der Waals surface area (Å²) in [5.74, 6) is 0. The predicted molar refractivity (Wildman–Crippen MR) is 79.3 cm³/mol. The van der Waals surface area contributed by atoms with Crippen molar-refractivity contribution in [3.8, 4) is 0 Å². The normalized spacial score (nSPS) is 14.1. The average Bonchev–Trinajstić information content (AvgIpc) is 2.40. The van der Waals surface area contributed by atoms with Gasteiger partial charge in [-0.2, -0.15) is 0 Å². The van der Waals surface area contributed by atoms with Gasteiger partial charge in [-0.1, -0.05) is 48.0 Å². The van der Waals surface area contributed by atoms with E-state index in [9.17, 15) is 5.11 Å². The fourth-order valence-electron chi connectivity index (χ4n) is 2.27. The van der Waals surface area contributed by atoms with Gasteiger partial charge in [0.05, 0.1) is 0 Å². The first-order valence-corrected chi connectivity index (χ1v) is 6.65. The van der Waals surface area contributed by atoms with Crippen LogP contribution in [-0.4, -0.2) is 12.2 Å². The molecule has 0 saturated heterocycles. The molecule has 0 saturated carbocycles. The third-order valence-electron chi connectivity index (χ3n) is 3.32. The minimum atomic E-state index is -1.03. The van der Waals surface area contributed by atoms with Crippen LogP contribution in [0.1, 0.15) is 23.6 Å². The van der Waals surface area contributed by atoms with Gasteiger partial charge in [-0.3, -0.25) is 0 Å². The Kier molecular flexibility index (Phi) is 4.25. The van der Waals surface area contributed by atoms with Crippen LogP contribution < -0.4 is 5.32 Å². The molecule has 0 aliphatic carbocycles. The predicted octanol–water partition coefficient (Wildman–Crippen LogP) is 3.32. The Morgan fingerprint density at radius 2 is 1.74 bits per heavy atom. The highest BCUT2D eigenvalue weighted by Gasteiger charge is 2.27. The van der Waals surface area contributed by atoms with Crippen LogP contribution in [-0.2, 0) is 12.1 Å². The van der Waals surface area contributed by atoms with Crippen LogP contribution in [0.5, 0.6) is 0 Å². The van der Waals surface area contributed by atoms with Crippen molar-refractivity contribution >= 4 is 11.6 Å². The van der Waals surface area contributed by atoms with Gasteiger partial charge in [0, 0.05) is 11.6 Å². The molecule has 0 aliphatic heterocycles. The van der Waals surface area contributed by atoms with Gasteiger partial charge >= 0.3 is 0 Å². The number of benzene rings is 2. The molecule has 0 aromatic heterocycles. The number of hydrogen-bond donors (Lipinski definition) is 2. The number of halogens is 1. The molecule has 2 rings (SSSR count). The molecule has 2 N–H and O–H groups in total. The fraction of sp³-hybridized carbons (Fsp3) is 0.250. The van der Waals surface area contributed by atoms with Crippen LogP contribution in [0.4, 0.5) is 0 Å². The van der Waals surface area contributed by atoms with E-state index < -0.39 is 5.60 Å². The van der Waals surface area contributed by atoms with E-state index in [1.54, 1.807) is 12.1 Å². The van der Waals surface area contributed by atoms with E-state index in [4.69, 9.17) is 11.6 Å². The maximum Gasteiger partial charge on any atom is 0.112 e. The smallest absolute Gasteiger partial charge is 0.112 e. The minimum Gasteiger partial charge on any atom is -0.381 e. The van der Waals surface area contributed by atoms with Crippen molar-refractivity contribution in [1.29, 1.82) is 0 Å². The molecule has 3 heteroatoms. The quantitative estimate of drug-likeness (QED) is 0.897. The monoisotopic (exact) mass is 275 g/mol. The lowest BCUT2D eigenvalue weighted by Gasteiger charge is -2.27. The van der Waals surface area contributed by atoms with E-state index in [0.717, 1.165) is 23.2 Å². The maximum atomic E-state index is 10.9. The Balaban J connectivity index is 2.46. The molecule has 0 aliphatic rings. The third kappa shape index (κ3) is 2.98. The topological polar surface area (TPSA) is 32.3 Å². The van der Waals surface area contributed by atoms with Gasteiger partial charge in [0.1, 0.15) is 5.60 Å². The highest BCUT2D eigenvalue weighted by Crippen LogP contribution is 2.32. The summed E-state index contributed by atoms with van der Waals surface area (Å²) >= 11 is 5.90. The summed E-state index contributed by atoms with van der Waals surface area (Å²) < 4.78 is 0. The lowest BCUT2D eigenvalue weighted by Crippen LogP contribution is -2.25. The van der Waals surface area contributed by atoms with Crippen LogP contribution in [0.15, 0.2) is 48.5 Å². The van der Waals surface area contributed by atoms with Gasteiger partial charge in [-0.05, 0) is 42.8 Å².